The first-order valence-electron chi connectivity index (χ1n) is 8.46. The van der Waals surface area contributed by atoms with Gasteiger partial charge >= 0.3 is 23.5 Å². The van der Waals surface area contributed by atoms with Gasteiger partial charge < -0.3 is 45.0 Å². The maximum atomic E-state index is 11.8. The molecule has 2 aromatic rings. The van der Waals surface area contributed by atoms with Crippen LogP contribution in [0.1, 0.15) is 6.23 Å². The fourth-order valence-corrected chi connectivity index (χ4v) is 5.83. The lowest BCUT2D eigenvalue weighted by molar-refractivity contribution is -0.0503. The summed E-state index contributed by atoms with van der Waals surface area (Å²) >= 11 is 0. The second-order valence-corrected chi connectivity index (χ2v) is 10.8. The molecule has 0 amide bonds. The highest BCUT2D eigenvalue weighted by Gasteiger charge is 2.47. The Morgan fingerprint density at radius 1 is 1.09 bits per heavy atom. The average Bonchev–Trinajstić information content (AvgIpc) is 3.18. The number of ether oxygens (including phenoxy) is 2. The number of phosphoric ester groups is 1. The second kappa shape index (κ2) is 9.24. The lowest BCUT2D eigenvalue weighted by Gasteiger charge is -2.19. The molecule has 6 atom stereocenters. The van der Waals surface area contributed by atoms with Gasteiger partial charge in [0.05, 0.1) is 20.0 Å². The first kappa shape index (κ1) is 26.1. The van der Waals surface area contributed by atoms with E-state index in [0.717, 1.165) is 0 Å². The van der Waals surface area contributed by atoms with Gasteiger partial charge in [-0.2, -0.15) is 18.6 Å². The monoisotopic (exact) mass is 537 g/mol. The van der Waals surface area contributed by atoms with Crippen molar-refractivity contribution < 1.29 is 66.1 Å². The molecule has 0 aliphatic carbocycles. The van der Waals surface area contributed by atoms with Crippen LogP contribution in [-0.2, 0) is 31.6 Å². The van der Waals surface area contributed by atoms with Crippen molar-refractivity contribution in [3.8, 4) is 5.88 Å². The van der Waals surface area contributed by atoms with Crippen LogP contribution in [0.25, 0.3) is 11.2 Å². The van der Waals surface area contributed by atoms with Crippen LogP contribution in [0.5, 0.6) is 5.88 Å². The van der Waals surface area contributed by atoms with E-state index in [1.165, 1.54) is 18.0 Å². The highest BCUT2D eigenvalue weighted by molar-refractivity contribution is 7.66. The van der Waals surface area contributed by atoms with Crippen LogP contribution in [0.4, 0.5) is 5.95 Å². The van der Waals surface area contributed by atoms with Gasteiger partial charge in [0.25, 0.3) is 0 Å². The number of nitrogens with two attached hydrogens (primary N) is 1. The molecule has 0 radical (unpaired) electrons. The van der Waals surface area contributed by atoms with Crippen LogP contribution in [0.3, 0.4) is 0 Å². The van der Waals surface area contributed by atoms with Crippen molar-refractivity contribution in [3.63, 3.8) is 0 Å². The van der Waals surface area contributed by atoms with Crippen molar-refractivity contribution in [2.75, 3.05) is 19.5 Å². The van der Waals surface area contributed by atoms with E-state index in [1.54, 1.807) is 0 Å². The number of hydrogen-bond acceptors (Lipinski definition) is 14. The zero-order valence-electron chi connectivity index (χ0n) is 16.3. The van der Waals surface area contributed by atoms with Gasteiger partial charge in [-0.3, -0.25) is 9.09 Å². The van der Waals surface area contributed by atoms with Gasteiger partial charge in [0.2, 0.25) is 11.8 Å². The molecule has 186 valence electrons. The maximum absolute atomic E-state index is 11.8. The topological polar surface area (TPSA) is 288 Å². The zero-order chi connectivity index (χ0) is 24.8. The van der Waals surface area contributed by atoms with Crippen molar-refractivity contribution in [2.24, 2.45) is 0 Å². The van der Waals surface area contributed by atoms with E-state index < -0.39 is 54.6 Å². The molecular formula is C11H18N5O14P3. The number of methoxy groups -OCH3 is 1. The first-order chi connectivity index (χ1) is 15.1. The Morgan fingerprint density at radius 3 is 2.36 bits per heavy atom. The molecule has 1 aliphatic heterocycles. The lowest BCUT2D eigenvalue weighted by atomic mass is 10.1. The summed E-state index contributed by atoms with van der Waals surface area (Å²) in [4.78, 5) is 47.5. The fraction of sp³-hybridized carbons (Fsp3) is 0.545. The van der Waals surface area contributed by atoms with Crippen molar-refractivity contribution in [1.29, 1.82) is 0 Å². The molecule has 0 bridgehead atoms. The predicted molar refractivity (Wildman–Crippen MR) is 102 cm³/mol. The summed E-state index contributed by atoms with van der Waals surface area (Å²) in [6.45, 7) is -0.981. The van der Waals surface area contributed by atoms with Gasteiger partial charge in [0.1, 0.15) is 18.3 Å². The number of anilines is 1. The summed E-state index contributed by atoms with van der Waals surface area (Å²) in [5, 5.41) is 20.6. The van der Waals surface area contributed by atoms with E-state index >= 15 is 0 Å². The number of aromatic nitrogens is 4. The summed E-state index contributed by atoms with van der Waals surface area (Å²) in [5.74, 6) is -0.174. The van der Waals surface area contributed by atoms with Gasteiger partial charge in [-0.05, 0) is 0 Å². The van der Waals surface area contributed by atoms with Crippen LogP contribution in [0, 0.1) is 0 Å². The van der Waals surface area contributed by atoms with E-state index in [2.05, 4.69) is 28.1 Å². The number of fused-ring (bicyclic) bond motifs is 1. The van der Waals surface area contributed by atoms with Crippen LogP contribution in [-0.4, -0.2) is 81.3 Å². The van der Waals surface area contributed by atoms with Crippen LogP contribution >= 0.6 is 23.5 Å². The molecule has 3 rings (SSSR count). The zero-order valence-corrected chi connectivity index (χ0v) is 18.9. The summed E-state index contributed by atoms with van der Waals surface area (Å²) < 4.78 is 57.1. The molecule has 22 heteroatoms. The smallest absolute Gasteiger partial charge is 0.479 e. The van der Waals surface area contributed by atoms with E-state index in [-0.39, 0.29) is 23.0 Å². The van der Waals surface area contributed by atoms with Gasteiger partial charge in [-0.1, -0.05) is 0 Å². The highest BCUT2D eigenvalue weighted by Crippen LogP contribution is 2.66. The molecule has 33 heavy (non-hydrogen) atoms. The predicted octanol–water partition coefficient (Wildman–Crippen LogP) is -1.62. The summed E-state index contributed by atoms with van der Waals surface area (Å²) in [6, 6.07) is 0. The van der Waals surface area contributed by atoms with E-state index in [0.29, 0.717) is 0 Å². The summed E-state index contributed by atoms with van der Waals surface area (Å²) in [5.41, 5.74) is 5.82. The largest absolute Gasteiger partial charge is 0.490 e. The Kier molecular flexibility index (Phi) is 7.29. The Labute approximate surface area is 183 Å². The Bertz CT molecular complexity index is 1170. The minimum atomic E-state index is -5.72. The van der Waals surface area contributed by atoms with Crippen molar-refractivity contribution in [2.45, 2.75) is 24.5 Å². The third-order valence-electron chi connectivity index (χ3n) is 4.03. The number of imidazole rings is 1. The van der Waals surface area contributed by atoms with Gasteiger partial charge in [0.15, 0.2) is 17.4 Å². The number of hydrogen-bond donors (Lipinski definition) is 7. The van der Waals surface area contributed by atoms with Crippen LogP contribution < -0.4 is 10.5 Å². The van der Waals surface area contributed by atoms with E-state index in [1.807, 2.05) is 0 Å². The maximum Gasteiger partial charge on any atom is 0.490 e. The van der Waals surface area contributed by atoms with E-state index in [4.69, 9.17) is 29.9 Å². The van der Waals surface area contributed by atoms with Crippen molar-refractivity contribution >= 4 is 40.6 Å². The number of aliphatic hydroxyl groups is 2. The number of phosphoric acid groups is 3. The number of rotatable bonds is 9. The third kappa shape index (κ3) is 6.12. The third-order valence-corrected chi connectivity index (χ3v) is 7.83. The Hall–Kier alpha value is -1.56. The normalized spacial score (nSPS) is 27.4. The molecule has 2 aromatic heterocycles. The van der Waals surface area contributed by atoms with Crippen LogP contribution in [0.2, 0.25) is 0 Å². The van der Waals surface area contributed by atoms with E-state index in [9.17, 15) is 28.8 Å². The molecule has 2 unspecified atom stereocenters. The Morgan fingerprint density at radius 2 is 1.76 bits per heavy atom. The highest BCUT2D eigenvalue weighted by atomic mass is 31.3. The molecule has 19 nitrogen and oxygen atoms in total. The molecule has 1 aliphatic rings. The van der Waals surface area contributed by atoms with Gasteiger partial charge in [-0.25, -0.2) is 18.7 Å². The first-order valence-corrected chi connectivity index (χ1v) is 13.0. The quantitative estimate of drug-likeness (QED) is 0.177. The molecule has 0 saturated carbocycles. The van der Waals surface area contributed by atoms with Gasteiger partial charge in [0, 0.05) is 0 Å². The molecule has 0 spiro atoms. The fourth-order valence-electron chi connectivity index (χ4n) is 2.80. The van der Waals surface area contributed by atoms with Crippen molar-refractivity contribution in [1.82, 2.24) is 19.5 Å². The molecule has 1 saturated heterocycles. The molecule has 0 aromatic carbocycles. The van der Waals surface area contributed by atoms with Gasteiger partial charge in [-0.15, -0.1) is 0 Å². The molecule has 3 heterocycles. The standard InChI is InChI=1S/C11H18N5O14P3/c1-26-9-5-8(14-11(12)15-9)16(3-13-5)10-7(18)6(17)4(28-10)2-27-32(22,23)30-33(24,25)29-31(19,20)21/h3-4,6-7,10,17-18H,2H2,1H3,(H,22,23)(H,24,25)(H2,12,14,15)(H2,19,20,21)/t4-,6-,7-,10-/m0/s1. The Balaban J connectivity index is 1.73. The summed E-state index contributed by atoms with van der Waals surface area (Å²) in [7, 11) is -15.4. The molecule has 1 fully saturated rings. The average molecular weight is 537 g/mol. The SMILES string of the molecule is COc1nc(N)nc2c1ncn2[C@H]1O[C@@H](COP(=O)(O)OP(=O)(O)OP(=O)(O)O)[C@H](O)[C@@H]1O. The number of nitrogens with zero attached hydrogens (tertiary/aromatic N) is 4. The molecular weight excluding hydrogens is 519 g/mol. The summed E-state index contributed by atoms with van der Waals surface area (Å²) in [6.07, 6.45) is -5.01. The minimum absolute atomic E-state index is 0.0218. The number of nitrogen functional groups attached to an aromatic ring is 1. The van der Waals surface area contributed by atoms with Crippen LogP contribution in [0.15, 0.2) is 6.33 Å². The minimum Gasteiger partial charge on any atom is -0.479 e. The van der Waals surface area contributed by atoms with Crippen molar-refractivity contribution in [3.05, 3.63) is 6.33 Å². The second-order valence-electron chi connectivity index (χ2n) is 6.35. The molecule has 8 N–H and O–H groups in total. The number of aliphatic hydroxyl groups excluding tert-OH is 2. The lowest BCUT2D eigenvalue weighted by Crippen LogP contribution is -2.33.